The van der Waals surface area contributed by atoms with Crippen molar-refractivity contribution in [1.82, 2.24) is 20.3 Å². The summed E-state index contributed by atoms with van der Waals surface area (Å²) < 4.78 is 0. The van der Waals surface area contributed by atoms with E-state index < -0.39 is 0 Å². The molecule has 0 saturated carbocycles. The number of nitrogens with one attached hydrogen (secondary N) is 2. The van der Waals surface area contributed by atoms with Crippen LogP contribution in [-0.4, -0.2) is 27.4 Å². The fourth-order valence-electron chi connectivity index (χ4n) is 2.63. The first-order valence-electron chi connectivity index (χ1n) is 9.47. The molecule has 0 unspecified atom stereocenters. The molecule has 28 heavy (non-hydrogen) atoms. The number of pyridine rings is 1. The van der Waals surface area contributed by atoms with Crippen LogP contribution in [0.4, 0.5) is 5.82 Å². The van der Waals surface area contributed by atoms with Crippen molar-refractivity contribution in [3.63, 3.8) is 0 Å². The third-order valence-corrected chi connectivity index (χ3v) is 4.19. The van der Waals surface area contributed by atoms with Gasteiger partial charge in [0.05, 0.1) is 0 Å². The average molecular weight is 375 g/mol. The first kappa shape index (κ1) is 19.5. The molecular weight excluding hydrogens is 350 g/mol. The summed E-state index contributed by atoms with van der Waals surface area (Å²) in [6, 6.07) is 15.1. The fraction of sp³-hybridized carbons (Fsp3) is 0.273. The highest BCUT2D eigenvalue weighted by Crippen LogP contribution is 2.18. The second-order valence-electron chi connectivity index (χ2n) is 6.98. The summed E-state index contributed by atoms with van der Waals surface area (Å²) >= 11 is 0. The van der Waals surface area contributed by atoms with Crippen molar-refractivity contribution in [1.29, 1.82) is 0 Å². The molecule has 0 radical (unpaired) electrons. The zero-order valence-corrected chi connectivity index (χ0v) is 16.2. The van der Waals surface area contributed by atoms with Gasteiger partial charge in [-0.3, -0.25) is 9.78 Å². The number of hydrogen-bond donors (Lipinski definition) is 2. The average Bonchev–Trinajstić information content (AvgIpc) is 2.73. The number of anilines is 1. The molecule has 144 valence electrons. The maximum Gasteiger partial charge on any atom is 0.270 e. The minimum Gasteiger partial charge on any atom is -0.370 e. The van der Waals surface area contributed by atoms with E-state index in [1.807, 2.05) is 42.5 Å². The lowest BCUT2D eigenvalue weighted by molar-refractivity contribution is 0.0946. The molecule has 0 atom stereocenters. The quantitative estimate of drug-likeness (QED) is 0.624. The topological polar surface area (TPSA) is 79.8 Å². The predicted molar refractivity (Wildman–Crippen MR) is 111 cm³/mol. The molecule has 1 aromatic carbocycles. The van der Waals surface area contributed by atoms with Crippen molar-refractivity contribution in [2.45, 2.75) is 26.8 Å². The first-order chi connectivity index (χ1) is 13.6. The van der Waals surface area contributed by atoms with Gasteiger partial charge in [-0.15, -0.1) is 0 Å². The van der Waals surface area contributed by atoms with Crippen LogP contribution in [0.5, 0.6) is 0 Å². The molecule has 3 aromatic rings. The van der Waals surface area contributed by atoms with Gasteiger partial charge < -0.3 is 10.6 Å². The zero-order chi connectivity index (χ0) is 19.8. The van der Waals surface area contributed by atoms with Crippen LogP contribution in [-0.2, 0) is 6.54 Å². The second kappa shape index (κ2) is 9.60. The molecule has 2 aromatic heterocycles. The lowest BCUT2D eigenvalue weighted by Crippen LogP contribution is -2.24. The van der Waals surface area contributed by atoms with Crippen molar-refractivity contribution < 1.29 is 4.79 Å². The van der Waals surface area contributed by atoms with Gasteiger partial charge in [-0.2, -0.15) is 0 Å². The number of carbonyl (C=O) groups is 1. The molecular formula is C22H25N5O. The highest BCUT2D eigenvalue weighted by molar-refractivity contribution is 5.93. The van der Waals surface area contributed by atoms with Gasteiger partial charge in [0.2, 0.25) is 0 Å². The van der Waals surface area contributed by atoms with E-state index in [1.54, 1.807) is 18.5 Å². The monoisotopic (exact) mass is 375 g/mol. The second-order valence-corrected chi connectivity index (χ2v) is 6.98. The molecule has 0 saturated heterocycles. The van der Waals surface area contributed by atoms with E-state index in [0.717, 1.165) is 24.1 Å². The molecule has 6 nitrogen and oxygen atoms in total. The van der Waals surface area contributed by atoms with Crippen LogP contribution in [0, 0.1) is 5.92 Å². The number of hydrogen-bond acceptors (Lipinski definition) is 5. The van der Waals surface area contributed by atoms with E-state index >= 15 is 0 Å². The lowest BCUT2D eigenvalue weighted by atomic mass is 10.1. The molecule has 2 heterocycles. The van der Waals surface area contributed by atoms with Gasteiger partial charge in [0.25, 0.3) is 5.91 Å². The molecule has 0 fully saturated rings. The van der Waals surface area contributed by atoms with Crippen LogP contribution in [0.25, 0.3) is 11.4 Å². The van der Waals surface area contributed by atoms with Crippen LogP contribution in [0.15, 0.2) is 60.9 Å². The Bertz CT molecular complexity index is 897. The van der Waals surface area contributed by atoms with Gasteiger partial charge in [-0.25, -0.2) is 9.97 Å². The summed E-state index contributed by atoms with van der Waals surface area (Å²) in [5.74, 6) is 1.53. The lowest BCUT2D eigenvalue weighted by Gasteiger charge is -2.11. The van der Waals surface area contributed by atoms with E-state index in [9.17, 15) is 4.79 Å². The van der Waals surface area contributed by atoms with Crippen LogP contribution in [0.3, 0.4) is 0 Å². The number of aromatic nitrogens is 3. The van der Waals surface area contributed by atoms with Gasteiger partial charge in [-0.1, -0.05) is 50.2 Å². The van der Waals surface area contributed by atoms with E-state index in [1.165, 1.54) is 0 Å². The number of carbonyl (C=O) groups excluding carboxylic acids is 1. The SMILES string of the molecule is CC(C)CCNc1cc(C(=O)NCc2cccnc2)nc(-c2ccccc2)n1. The summed E-state index contributed by atoms with van der Waals surface area (Å²) in [7, 11) is 0. The first-order valence-corrected chi connectivity index (χ1v) is 9.47. The number of amides is 1. The van der Waals surface area contributed by atoms with E-state index in [0.29, 0.717) is 29.8 Å². The van der Waals surface area contributed by atoms with Crippen molar-refractivity contribution >= 4 is 11.7 Å². The summed E-state index contributed by atoms with van der Waals surface area (Å²) in [6.45, 7) is 5.54. The molecule has 0 bridgehead atoms. The van der Waals surface area contributed by atoms with Crippen molar-refractivity contribution in [2.75, 3.05) is 11.9 Å². The highest BCUT2D eigenvalue weighted by atomic mass is 16.1. The van der Waals surface area contributed by atoms with Gasteiger partial charge in [0, 0.05) is 37.1 Å². The summed E-state index contributed by atoms with van der Waals surface area (Å²) in [5.41, 5.74) is 2.14. The smallest absolute Gasteiger partial charge is 0.270 e. The molecule has 3 rings (SSSR count). The summed E-state index contributed by atoms with van der Waals surface area (Å²) in [6.07, 6.45) is 4.46. The Hall–Kier alpha value is -3.28. The van der Waals surface area contributed by atoms with E-state index in [2.05, 4.69) is 39.4 Å². The number of nitrogens with zero attached hydrogens (tertiary/aromatic N) is 3. The van der Waals surface area contributed by atoms with E-state index in [-0.39, 0.29) is 5.91 Å². The molecule has 0 aliphatic heterocycles. The molecule has 2 N–H and O–H groups in total. The largest absolute Gasteiger partial charge is 0.370 e. The van der Waals surface area contributed by atoms with Crippen LogP contribution in [0.2, 0.25) is 0 Å². The molecule has 0 aliphatic rings. The van der Waals surface area contributed by atoms with Crippen LogP contribution >= 0.6 is 0 Å². The predicted octanol–water partition coefficient (Wildman–Crippen LogP) is 3.93. The number of benzene rings is 1. The Balaban J connectivity index is 1.80. The van der Waals surface area contributed by atoms with Gasteiger partial charge in [0.15, 0.2) is 5.82 Å². The summed E-state index contributed by atoms with van der Waals surface area (Å²) in [5, 5.41) is 6.21. The normalized spacial score (nSPS) is 10.7. The van der Waals surface area contributed by atoms with Crippen LogP contribution < -0.4 is 10.6 Å². The molecule has 6 heteroatoms. The minimum absolute atomic E-state index is 0.240. The maximum absolute atomic E-state index is 12.7. The number of rotatable bonds is 8. The van der Waals surface area contributed by atoms with Crippen molar-refractivity contribution in [2.24, 2.45) is 5.92 Å². The Morgan fingerprint density at radius 1 is 1.07 bits per heavy atom. The van der Waals surface area contributed by atoms with Crippen molar-refractivity contribution in [3.8, 4) is 11.4 Å². The molecule has 0 aliphatic carbocycles. The zero-order valence-electron chi connectivity index (χ0n) is 16.2. The van der Waals surface area contributed by atoms with Gasteiger partial charge in [0.1, 0.15) is 11.5 Å². The van der Waals surface area contributed by atoms with E-state index in [4.69, 9.17) is 0 Å². The summed E-state index contributed by atoms with van der Waals surface area (Å²) in [4.78, 5) is 25.8. The van der Waals surface area contributed by atoms with Gasteiger partial charge in [-0.05, 0) is 24.0 Å². The molecule has 0 spiro atoms. The Labute approximate surface area is 165 Å². The fourth-order valence-corrected chi connectivity index (χ4v) is 2.63. The van der Waals surface area contributed by atoms with Crippen molar-refractivity contribution in [3.05, 3.63) is 72.2 Å². The van der Waals surface area contributed by atoms with Gasteiger partial charge >= 0.3 is 0 Å². The Morgan fingerprint density at radius 3 is 2.61 bits per heavy atom. The highest BCUT2D eigenvalue weighted by Gasteiger charge is 2.13. The molecule has 1 amide bonds. The Kier molecular flexibility index (Phi) is 6.68. The van der Waals surface area contributed by atoms with Crippen LogP contribution in [0.1, 0.15) is 36.3 Å². The standard InChI is InChI=1S/C22H25N5O/c1-16(2)10-12-24-20-13-19(22(28)25-15-17-7-6-11-23-14-17)26-21(27-20)18-8-4-3-5-9-18/h3-9,11,13-14,16H,10,12,15H2,1-2H3,(H,25,28)(H,24,26,27). The third kappa shape index (κ3) is 5.61. The third-order valence-electron chi connectivity index (χ3n) is 4.19. The Morgan fingerprint density at radius 2 is 1.89 bits per heavy atom. The maximum atomic E-state index is 12.7. The minimum atomic E-state index is -0.240.